The molecule has 9 heteroatoms. The fourth-order valence-electron chi connectivity index (χ4n) is 4.11. The first-order valence-corrected chi connectivity index (χ1v) is 11.1. The van der Waals surface area contributed by atoms with Crippen LogP contribution in [0.2, 0.25) is 0 Å². The number of nitrogens with zero attached hydrogens (tertiary/aromatic N) is 6. The molecule has 1 amide bonds. The lowest BCUT2D eigenvalue weighted by atomic mass is 9.94. The normalized spacial score (nSPS) is 15.7. The van der Waals surface area contributed by atoms with Crippen LogP contribution in [0.25, 0.3) is 5.69 Å². The van der Waals surface area contributed by atoms with Crippen molar-refractivity contribution in [3.05, 3.63) is 84.8 Å². The minimum absolute atomic E-state index is 0.00336. The molecule has 0 saturated carbocycles. The molecule has 0 unspecified atom stereocenters. The summed E-state index contributed by atoms with van der Waals surface area (Å²) in [6.07, 6.45) is 8.39. The highest BCUT2D eigenvalue weighted by Gasteiger charge is 2.27. The highest BCUT2D eigenvalue weighted by Crippen LogP contribution is 2.29. The molecular weight excluding hydrogens is 432 g/mol. The van der Waals surface area contributed by atoms with Crippen LogP contribution in [0.3, 0.4) is 0 Å². The topological polar surface area (TPSA) is 95.3 Å². The summed E-state index contributed by atoms with van der Waals surface area (Å²) in [5.74, 6) is 1.82. The number of carbonyl (C=O) groups is 1. The van der Waals surface area contributed by atoms with E-state index in [0.717, 1.165) is 24.2 Å². The van der Waals surface area contributed by atoms with Gasteiger partial charge in [-0.05, 0) is 43.2 Å². The van der Waals surface area contributed by atoms with Crippen LogP contribution in [0.4, 0.5) is 0 Å². The van der Waals surface area contributed by atoms with Gasteiger partial charge in [0, 0.05) is 42.5 Å². The van der Waals surface area contributed by atoms with Gasteiger partial charge in [-0.25, -0.2) is 4.98 Å². The number of piperidine rings is 1. The molecular formula is C25H24N6O3. The van der Waals surface area contributed by atoms with Crippen molar-refractivity contribution in [1.29, 1.82) is 0 Å². The number of methoxy groups -OCH3 is 1. The van der Waals surface area contributed by atoms with Gasteiger partial charge in [0.1, 0.15) is 24.2 Å². The third-order valence-corrected chi connectivity index (χ3v) is 5.83. The summed E-state index contributed by atoms with van der Waals surface area (Å²) >= 11 is 0. The lowest BCUT2D eigenvalue weighted by Crippen LogP contribution is -2.39. The molecule has 2 aromatic heterocycles. The SMILES string of the molecule is COc1cccc(Oc2cncc([C@@H]3CCCN(C(=O)c4cccc(-n5cnnc5)c4)C3)n2)c1. The Kier molecular flexibility index (Phi) is 6.15. The molecule has 5 rings (SSSR count). The summed E-state index contributed by atoms with van der Waals surface area (Å²) < 4.78 is 12.9. The van der Waals surface area contributed by atoms with Gasteiger partial charge in [-0.15, -0.1) is 10.2 Å². The molecule has 0 radical (unpaired) electrons. The van der Waals surface area contributed by atoms with Crippen molar-refractivity contribution in [3.8, 4) is 23.1 Å². The van der Waals surface area contributed by atoms with Crippen molar-refractivity contribution in [2.24, 2.45) is 0 Å². The highest BCUT2D eigenvalue weighted by molar-refractivity contribution is 5.94. The lowest BCUT2D eigenvalue weighted by molar-refractivity contribution is 0.0705. The van der Waals surface area contributed by atoms with Crippen LogP contribution in [0.15, 0.2) is 73.6 Å². The molecule has 4 aromatic rings. The van der Waals surface area contributed by atoms with Gasteiger partial charge in [-0.3, -0.25) is 14.3 Å². The standard InChI is InChI=1S/C25H24N6O3/c1-33-21-8-3-9-22(12-21)34-24-14-26-13-23(29-24)19-6-4-10-30(15-19)25(32)18-5-2-7-20(11-18)31-16-27-28-17-31/h2-3,5,7-9,11-14,16-17,19H,4,6,10,15H2,1H3/t19-/m1/s1. The van der Waals surface area contributed by atoms with Crippen LogP contribution >= 0.6 is 0 Å². The molecule has 1 saturated heterocycles. The molecule has 0 spiro atoms. The zero-order valence-electron chi connectivity index (χ0n) is 18.7. The van der Waals surface area contributed by atoms with Crippen molar-refractivity contribution in [2.45, 2.75) is 18.8 Å². The molecule has 1 atom stereocenters. The second-order valence-electron chi connectivity index (χ2n) is 8.07. The lowest BCUT2D eigenvalue weighted by Gasteiger charge is -2.32. The molecule has 1 fully saturated rings. The smallest absolute Gasteiger partial charge is 0.253 e. The Bertz CT molecular complexity index is 1280. The molecule has 0 N–H and O–H groups in total. The van der Waals surface area contributed by atoms with Crippen molar-refractivity contribution in [3.63, 3.8) is 0 Å². The predicted molar refractivity (Wildman–Crippen MR) is 124 cm³/mol. The van der Waals surface area contributed by atoms with E-state index in [1.165, 1.54) is 0 Å². The van der Waals surface area contributed by atoms with E-state index in [2.05, 4.69) is 20.2 Å². The zero-order chi connectivity index (χ0) is 23.3. The number of benzene rings is 2. The van der Waals surface area contributed by atoms with Crippen LogP contribution in [0.5, 0.6) is 17.4 Å². The first-order chi connectivity index (χ1) is 16.7. The van der Waals surface area contributed by atoms with E-state index in [0.29, 0.717) is 36.0 Å². The van der Waals surface area contributed by atoms with E-state index in [1.807, 2.05) is 47.4 Å². The van der Waals surface area contributed by atoms with Gasteiger partial charge in [0.15, 0.2) is 0 Å². The van der Waals surface area contributed by atoms with E-state index in [4.69, 9.17) is 9.47 Å². The molecule has 172 valence electrons. The van der Waals surface area contributed by atoms with Gasteiger partial charge in [0.25, 0.3) is 5.91 Å². The van der Waals surface area contributed by atoms with Gasteiger partial charge in [0.05, 0.1) is 19.0 Å². The van der Waals surface area contributed by atoms with E-state index in [-0.39, 0.29) is 11.8 Å². The second-order valence-corrected chi connectivity index (χ2v) is 8.07. The zero-order valence-corrected chi connectivity index (χ0v) is 18.7. The Morgan fingerprint density at radius 1 is 1.03 bits per heavy atom. The maximum atomic E-state index is 13.3. The van der Waals surface area contributed by atoms with Crippen LogP contribution < -0.4 is 9.47 Å². The average Bonchev–Trinajstić information content (AvgIpc) is 3.44. The maximum Gasteiger partial charge on any atom is 0.253 e. The largest absolute Gasteiger partial charge is 0.497 e. The summed E-state index contributed by atoms with van der Waals surface area (Å²) in [6, 6.07) is 14.8. The molecule has 1 aliphatic heterocycles. The van der Waals surface area contributed by atoms with E-state index >= 15 is 0 Å². The monoisotopic (exact) mass is 456 g/mol. The number of hydrogen-bond acceptors (Lipinski definition) is 7. The van der Waals surface area contributed by atoms with E-state index in [9.17, 15) is 4.79 Å². The molecule has 34 heavy (non-hydrogen) atoms. The Morgan fingerprint density at radius 3 is 2.71 bits per heavy atom. The molecule has 1 aliphatic rings. The minimum Gasteiger partial charge on any atom is -0.497 e. The van der Waals surface area contributed by atoms with Crippen LogP contribution in [-0.4, -0.2) is 55.7 Å². The Hall–Kier alpha value is -4.27. The van der Waals surface area contributed by atoms with E-state index in [1.54, 1.807) is 42.8 Å². The van der Waals surface area contributed by atoms with Gasteiger partial charge in [-0.2, -0.15) is 0 Å². The van der Waals surface area contributed by atoms with Gasteiger partial charge in [-0.1, -0.05) is 12.1 Å². The quantitative estimate of drug-likeness (QED) is 0.434. The molecule has 2 aromatic carbocycles. The highest BCUT2D eigenvalue weighted by atomic mass is 16.5. The first kappa shape index (κ1) is 21.6. The van der Waals surface area contributed by atoms with E-state index < -0.39 is 0 Å². The summed E-state index contributed by atoms with van der Waals surface area (Å²) in [5, 5.41) is 7.67. The Balaban J connectivity index is 1.30. The Morgan fingerprint density at radius 2 is 1.85 bits per heavy atom. The molecule has 0 bridgehead atoms. The third kappa shape index (κ3) is 4.73. The van der Waals surface area contributed by atoms with Crippen molar-refractivity contribution in [1.82, 2.24) is 29.6 Å². The fourth-order valence-corrected chi connectivity index (χ4v) is 4.11. The van der Waals surface area contributed by atoms with Gasteiger partial charge < -0.3 is 14.4 Å². The van der Waals surface area contributed by atoms with Crippen LogP contribution in [0.1, 0.15) is 34.8 Å². The third-order valence-electron chi connectivity index (χ3n) is 5.83. The summed E-state index contributed by atoms with van der Waals surface area (Å²) in [6.45, 7) is 1.28. The summed E-state index contributed by atoms with van der Waals surface area (Å²) in [7, 11) is 1.61. The number of aromatic nitrogens is 5. The van der Waals surface area contributed by atoms with Gasteiger partial charge in [0.2, 0.25) is 5.88 Å². The van der Waals surface area contributed by atoms with Gasteiger partial charge >= 0.3 is 0 Å². The number of rotatable bonds is 6. The van der Waals surface area contributed by atoms with Crippen LogP contribution in [0, 0.1) is 0 Å². The van der Waals surface area contributed by atoms with Crippen molar-refractivity contribution < 1.29 is 14.3 Å². The van der Waals surface area contributed by atoms with Crippen molar-refractivity contribution >= 4 is 5.91 Å². The molecule has 0 aliphatic carbocycles. The minimum atomic E-state index is -0.00336. The predicted octanol–water partition coefficient (Wildman–Crippen LogP) is 3.88. The maximum absolute atomic E-state index is 13.3. The number of carbonyl (C=O) groups excluding carboxylic acids is 1. The Labute approximate surface area is 197 Å². The summed E-state index contributed by atoms with van der Waals surface area (Å²) in [5.41, 5.74) is 2.29. The number of amides is 1. The summed E-state index contributed by atoms with van der Waals surface area (Å²) in [4.78, 5) is 24.2. The first-order valence-electron chi connectivity index (χ1n) is 11.1. The fraction of sp³-hybridized carbons (Fsp3) is 0.240. The number of likely N-dealkylation sites (tertiary alicyclic amines) is 1. The number of ether oxygens (including phenoxy) is 2. The molecule has 3 heterocycles. The number of hydrogen-bond donors (Lipinski definition) is 0. The second kappa shape index (κ2) is 9.70. The van der Waals surface area contributed by atoms with Crippen LogP contribution in [-0.2, 0) is 0 Å². The van der Waals surface area contributed by atoms with Crippen molar-refractivity contribution in [2.75, 3.05) is 20.2 Å². The molecule has 9 nitrogen and oxygen atoms in total. The average molecular weight is 457 g/mol.